The van der Waals surface area contributed by atoms with Crippen molar-refractivity contribution in [3.63, 3.8) is 0 Å². The Bertz CT molecular complexity index is 1170. The van der Waals surface area contributed by atoms with E-state index in [9.17, 15) is 12.8 Å². The Morgan fingerprint density at radius 3 is 2.20 bits per heavy atom. The van der Waals surface area contributed by atoms with E-state index in [0.717, 1.165) is 15.5 Å². The van der Waals surface area contributed by atoms with Crippen molar-refractivity contribution in [2.24, 2.45) is 5.10 Å². The molecular weight excluding hydrogens is 403 g/mol. The number of hydrogen-bond donors (Lipinski definition) is 0. The minimum Gasteiger partial charge on any atom is -0.497 e. The lowest BCUT2D eigenvalue weighted by Gasteiger charge is -2.23. The number of benzene rings is 3. The minimum absolute atomic E-state index is 0.167. The Morgan fingerprint density at radius 2 is 1.60 bits per heavy atom. The van der Waals surface area contributed by atoms with E-state index >= 15 is 0 Å². The van der Waals surface area contributed by atoms with Gasteiger partial charge in [-0.15, -0.1) is 0 Å². The first-order valence-electron chi connectivity index (χ1n) is 9.47. The first kappa shape index (κ1) is 20.1. The molecule has 0 N–H and O–H groups in total. The number of hydrazone groups is 1. The van der Waals surface area contributed by atoms with Gasteiger partial charge < -0.3 is 4.74 Å². The van der Waals surface area contributed by atoms with E-state index in [1.807, 2.05) is 31.2 Å². The van der Waals surface area contributed by atoms with Crippen LogP contribution in [-0.2, 0) is 10.0 Å². The Hall–Kier alpha value is -3.19. The predicted molar refractivity (Wildman–Crippen MR) is 113 cm³/mol. The standard InChI is InChI=1S/C23H21FN2O3S/c1-16-3-13-21(14-4-16)30(27,28)26-23(18-5-9-19(24)10-6-18)15-22(25-26)17-7-11-20(29-2)12-8-17/h3-14,23H,15H2,1-2H3/t23-/m0/s1. The molecule has 0 saturated carbocycles. The fourth-order valence-corrected chi connectivity index (χ4v) is 4.85. The van der Waals surface area contributed by atoms with Gasteiger partial charge in [0.05, 0.1) is 23.8 Å². The monoisotopic (exact) mass is 424 g/mol. The van der Waals surface area contributed by atoms with Crippen LogP contribution in [0.5, 0.6) is 5.75 Å². The Labute approximate surface area is 175 Å². The second kappa shape index (κ2) is 7.91. The van der Waals surface area contributed by atoms with Gasteiger partial charge in [-0.1, -0.05) is 29.8 Å². The third kappa shape index (κ3) is 3.80. The molecule has 0 amide bonds. The van der Waals surface area contributed by atoms with E-state index in [2.05, 4.69) is 5.10 Å². The first-order valence-corrected chi connectivity index (χ1v) is 10.9. The maximum absolute atomic E-state index is 13.4. The summed E-state index contributed by atoms with van der Waals surface area (Å²) < 4.78 is 46.6. The Kier molecular flexibility index (Phi) is 5.30. The topological polar surface area (TPSA) is 59.0 Å². The maximum atomic E-state index is 13.4. The second-order valence-electron chi connectivity index (χ2n) is 7.14. The van der Waals surface area contributed by atoms with Crippen LogP contribution in [0.25, 0.3) is 0 Å². The molecule has 3 aromatic rings. The summed E-state index contributed by atoms with van der Waals surface area (Å²) in [5.41, 5.74) is 3.10. The van der Waals surface area contributed by atoms with Gasteiger partial charge in [0.2, 0.25) is 0 Å². The number of aryl methyl sites for hydroxylation is 1. The number of methoxy groups -OCH3 is 1. The van der Waals surface area contributed by atoms with Crippen molar-refractivity contribution in [1.29, 1.82) is 0 Å². The zero-order valence-corrected chi connectivity index (χ0v) is 17.4. The smallest absolute Gasteiger partial charge is 0.279 e. The number of halogens is 1. The van der Waals surface area contributed by atoms with E-state index in [-0.39, 0.29) is 10.7 Å². The van der Waals surface area contributed by atoms with Crippen LogP contribution < -0.4 is 4.74 Å². The molecule has 4 rings (SSSR count). The third-order valence-electron chi connectivity index (χ3n) is 5.12. The molecule has 7 heteroatoms. The van der Waals surface area contributed by atoms with E-state index in [1.54, 1.807) is 43.5 Å². The van der Waals surface area contributed by atoms with Gasteiger partial charge in [-0.25, -0.2) is 4.39 Å². The molecule has 3 aromatic carbocycles. The summed E-state index contributed by atoms with van der Waals surface area (Å²) in [5.74, 6) is 0.331. The lowest BCUT2D eigenvalue weighted by Crippen LogP contribution is -2.27. The van der Waals surface area contributed by atoms with Crippen molar-refractivity contribution in [2.45, 2.75) is 24.3 Å². The fraction of sp³-hybridized carbons (Fsp3) is 0.174. The van der Waals surface area contributed by atoms with Gasteiger partial charge in [0, 0.05) is 6.42 Å². The molecule has 5 nitrogen and oxygen atoms in total. The molecule has 0 aromatic heterocycles. The van der Waals surface area contributed by atoms with Crippen molar-refractivity contribution in [1.82, 2.24) is 4.41 Å². The van der Waals surface area contributed by atoms with Crippen molar-refractivity contribution in [2.75, 3.05) is 7.11 Å². The average molecular weight is 424 g/mol. The molecule has 0 unspecified atom stereocenters. The molecular formula is C23H21FN2O3S. The van der Waals surface area contributed by atoms with Crippen LogP contribution in [0.3, 0.4) is 0 Å². The molecule has 0 radical (unpaired) electrons. The Morgan fingerprint density at radius 1 is 0.967 bits per heavy atom. The lowest BCUT2D eigenvalue weighted by molar-refractivity contribution is 0.371. The number of sulfonamides is 1. The highest BCUT2D eigenvalue weighted by atomic mass is 32.2. The fourth-order valence-electron chi connectivity index (χ4n) is 3.42. The van der Waals surface area contributed by atoms with Gasteiger partial charge in [0.1, 0.15) is 11.6 Å². The molecule has 1 aliphatic heterocycles. The summed E-state index contributed by atoms with van der Waals surface area (Å²) in [6.07, 6.45) is 0.378. The largest absolute Gasteiger partial charge is 0.497 e. The van der Waals surface area contributed by atoms with Crippen molar-refractivity contribution in [3.05, 3.63) is 95.3 Å². The minimum atomic E-state index is -3.89. The van der Waals surface area contributed by atoms with Crippen LogP contribution in [0.15, 0.2) is 82.8 Å². The van der Waals surface area contributed by atoms with Crippen molar-refractivity contribution in [3.8, 4) is 5.75 Å². The summed E-state index contributed by atoms with van der Waals surface area (Å²) >= 11 is 0. The molecule has 0 fully saturated rings. The molecule has 1 aliphatic rings. The summed E-state index contributed by atoms with van der Waals surface area (Å²) in [6, 6.07) is 19.3. The van der Waals surface area contributed by atoms with Gasteiger partial charge >= 0.3 is 0 Å². The van der Waals surface area contributed by atoms with E-state index in [0.29, 0.717) is 23.4 Å². The first-order chi connectivity index (χ1) is 14.4. The molecule has 1 atom stereocenters. The van der Waals surface area contributed by atoms with Gasteiger partial charge in [0.25, 0.3) is 10.0 Å². The normalized spacial score (nSPS) is 16.4. The second-order valence-corrected chi connectivity index (χ2v) is 8.93. The Balaban J connectivity index is 1.77. The summed E-state index contributed by atoms with van der Waals surface area (Å²) in [4.78, 5) is 0.167. The highest BCUT2D eigenvalue weighted by molar-refractivity contribution is 7.89. The van der Waals surface area contributed by atoms with E-state index in [1.165, 1.54) is 12.1 Å². The SMILES string of the molecule is COc1ccc(C2=NN(S(=O)(=O)c3ccc(C)cc3)[C@H](c3ccc(F)cc3)C2)cc1. The zero-order chi connectivity index (χ0) is 21.3. The van der Waals surface area contributed by atoms with Crippen molar-refractivity contribution >= 4 is 15.7 Å². The summed E-state index contributed by atoms with van der Waals surface area (Å²) in [6.45, 7) is 1.90. The van der Waals surface area contributed by atoms with Crippen LogP contribution >= 0.6 is 0 Å². The molecule has 30 heavy (non-hydrogen) atoms. The quantitative estimate of drug-likeness (QED) is 0.597. The molecule has 1 heterocycles. The molecule has 0 bridgehead atoms. The maximum Gasteiger partial charge on any atom is 0.279 e. The zero-order valence-electron chi connectivity index (χ0n) is 16.6. The van der Waals surface area contributed by atoms with Crippen LogP contribution in [0.4, 0.5) is 4.39 Å². The highest BCUT2D eigenvalue weighted by Gasteiger charge is 2.37. The predicted octanol–water partition coefficient (Wildman–Crippen LogP) is 4.68. The van der Waals surface area contributed by atoms with Crippen LogP contribution in [-0.4, -0.2) is 25.7 Å². The summed E-state index contributed by atoms with van der Waals surface area (Å²) in [7, 11) is -2.30. The number of nitrogens with zero attached hydrogens (tertiary/aromatic N) is 2. The average Bonchev–Trinajstić information content (AvgIpc) is 3.21. The number of rotatable bonds is 5. The lowest BCUT2D eigenvalue weighted by atomic mass is 9.99. The van der Waals surface area contributed by atoms with Crippen LogP contribution in [0, 0.1) is 12.7 Å². The van der Waals surface area contributed by atoms with Gasteiger partial charge in [-0.05, 0) is 66.6 Å². The van der Waals surface area contributed by atoms with Gasteiger partial charge in [0.15, 0.2) is 0 Å². The molecule has 0 saturated heterocycles. The van der Waals surface area contributed by atoms with Crippen LogP contribution in [0.1, 0.15) is 29.2 Å². The summed E-state index contributed by atoms with van der Waals surface area (Å²) in [5, 5.41) is 4.49. The highest BCUT2D eigenvalue weighted by Crippen LogP contribution is 2.37. The van der Waals surface area contributed by atoms with Crippen molar-refractivity contribution < 1.29 is 17.5 Å². The third-order valence-corrected chi connectivity index (χ3v) is 6.81. The molecule has 154 valence electrons. The van der Waals surface area contributed by atoms with Gasteiger partial charge in [-0.2, -0.15) is 17.9 Å². The number of ether oxygens (including phenoxy) is 1. The van der Waals surface area contributed by atoms with Gasteiger partial charge in [-0.3, -0.25) is 0 Å². The van der Waals surface area contributed by atoms with E-state index in [4.69, 9.17) is 4.74 Å². The van der Waals surface area contributed by atoms with Crippen LogP contribution in [0.2, 0.25) is 0 Å². The van der Waals surface area contributed by atoms with E-state index < -0.39 is 16.1 Å². The molecule has 0 spiro atoms. The number of hydrogen-bond acceptors (Lipinski definition) is 4. The molecule has 0 aliphatic carbocycles.